The second-order valence-electron chi connectivity index (χ2n) is 4.82. The summed E-state index contributed by atoms with van der Waals surface area (Å²) in [4.78, 5) is 0. The molecule has 0 bridgehead atoms. The molecule has 19 heavy (non-hydrogen) atoms. The van der Waals surface area contributed by atoms with Gasteiger partial charge in [-0.05, 0) is 24.0 Å². The Bertz CT molecular complexity index is 616. The molecule has 3 rings (SSSR count). The quantitative estimate of drug-likeness (QED) is 0.687. The van der Waals surface area contributed by atoms with Crippen LogP contribution in [0.15, 0.2) is 35.9 Å². The van der Waals surface area contributed by atoms with Crippen molar-refractivity contribution in [1.29, 1.82) is 0 Å². The van der Waals surface area contributed by atoms with E-state index >= 15 is 0 Å². The zero-order valence-electron chi connectivity index (χ0n) is 10.9. The SMILES string of the molecule is C1#CCCCCC#C/C(C2OCc3ccccc32)=C\1. The van der Waals surface area contributed by atoms with Crippen molar-refractivity contribution in [2.24, 2.45) is 0 Å². The molecule has 2 aliphatic rings. The van der Waals surface area contributed by atoms with Crippen LogP contribution in [0.2, 0.25) is 0 Å². The molecule has 1 heteroatoms. The number of ether oxygens (including phenoxy) is 1. The zero-order chi connectivity index (χ0) is 12.9. The molecule has 1 unspecified atom stereocenters. The fourth-order valence-corrected chi connectivity index (χ4v) is 2.41. The van der Waals surface area contributed by atoms with Gasteiger partial charge in [0.1, 0.15) is 6.10 Å². The largest absolute Gasteiger partial charge is 0.363 e. The summed E-state index contributed by atoms with van der Waals surface area (Å²) >= 11 is 0. The second-order valence-corrected chi connectivity index (χ2v) is 4.82. The molecule has 1 aromatic carbocycles. The van der Waals surface area contributed by atoms with Crippen molar-refractivity contribution in [3.8, 4) is 23.7 Å². The maximum atomic E-state index is 5.89. The maximum absolute atomic E-state index is 5.89. The van der Waals surface area contributed by atoms with Crippen LogP contribution in [0.5, 0.6) is 0 Å². The molecule has 0 spiro atoms. The third-order valence-electron chi connectivity index (χ3n) is 3.44. The van der Waals surface area contributed by atoms with Crippen molar-refractivity contribution in [1.82, 2.24) is 0 Å². The van der Waals surface area contributed by atoms with Gasteiger partial charge in [0.05, 0.1) is 6.61 Å². The van der Waals surface area contributed by atoms with E-state index in [-0.39, 0.29) is 6.10 Å². The Hall–Kier alpha value is -1.96. The van der Waals surface area contributed by atoms with Crippen LogP contribution in [0.1, 0.15) is 42.9 Å². The topological polar surface area (TPSA) is 9.23 Å². The highest BCUT2D eigenvalue weighted by Crippen LogP contribution is 2.35. The van der Waals surface area contributed by atoms with Crippen LogP contribution < -0.4 is 0 Å². The average Bonchev–Trinajstić information content (AvgIpc) is 2.88. The Labute approximate surface area is 114 Å². The number of allylic oxidation sites excluding steroid dienone is 1. The Morgan fingerprint density at radius 2 is 1.89 bits per heavy atom. The summed E-state index contributed by atoms with van der Waals surface area (Å²) in [5.41, 5.74) is 3.50. The Morgan fingerprint density at radius 3 is 2.84 bits per heavy atom. The first kappa shape index (κ1) is 12.1. The van der Waals surface area contributed by atoms with Crippen LogP contribution in [0.3, 0.4) is 0 Å². The van der Waals surface area contributed by atoms with Gasteiger partial charge in [0.2, 0.25) is 0 Å². The Morgan fingerprint density at radius 1 is 1.05 bits per heavy atom. The lowest BCUT2D eigenvalue weighted by Crippen LogP contribution is -1.99. The van der Waals surface area contributed by atoms with Crippen LogP contribution in [-0.2, 0) is 11.3 Å². The van der Waals surface area contributed by atoms with Crippen molar-refractivity contribution in [2.75, 3.05) is 0 Å². The van der Waals surface area contributed by atoms with Crippen molar-refractivity contribution >= 4 is 0 Å². The number of hydrogen-bond acceptors (Lipinski definition) is 1. The van der Waals surface area contributed by atoms with Crippen molar-refractivity contribution < 1.29 is 4.74 Å². The molecule has 0 fully saturated rings. The minimum absolute atomic E-state index is 0.0302. The van der Waals surface area contributed by atoms with Gasteiger partial charge in [-0.15, -0.1) is 0 Å². The van der Waals surface area contributed by atoms with E-state index in [4.69, 9.17) is 4.74 Å². The minimum Gasteiger partial charge on any atom is -0.363 e. The smallest absolute Gasteiger partial charge is 0.117 e. The lowest BCUT2D eigenvalue weighted by atomic mass is 9.99. The van der Waals surface area contributed by atoms with Crippen molar-refractivity contribution in [3.63, 3.8) is 0 Å². The van der Waals surface area contributed by atoms with Crippen LogP contribution in [-0.4, -0.2) is 0 Å². The van der Waals surface area contributed by atoms with Crippen LogP contribution in [0.25, 0.3) is 0 Å². The molecule has 0 amide bonds. The van der Waals surface area contributed by atoms with Gasteiger partial charge in [0.25, 0.3) is 0 Å². The van der Waals surface area contributed by atoms with E-state index in [1.807, 2.05) is 6.08 Å². The fourth-order valence-electron chi connectivity index (χ4n) is 2.41. The second kappa shape index (κ2) is 5.79. The van der Waals surface area contributed by atoms with Gasteiger partial charge in [-0.2, -0.15) is 0 Å². The standard InChI is InChI=1S/C18H16O/c1-2-4-6-10-15(11-7-5-3-1)18-17-13-9-8-12-16(17)14-19-18/h8-9,11-13,18H,1-4,14H2/b15-11+. The number of rotatable bonds is 1. The molecule has 1 aromatic rings. The third kappa shape index (κ3) is 2.73. The number of fused-ring (bicyclic) bond motifs is 1. The monoisotopic (exact) mass is 248 g/mol. The molecule has 1 nitrogen and oxygen atoms in total. The van der Waals surface area contributed by atoms with E-state index in [1.165, 1.54) is 11.1 Å². The summed E-state index contributed by atoms with van der Waals surface area (Å²) in [7, 11) is 0. The first-order valence-corrected chi connectivity index (χ1v) is 6.82. The van der Waals surface area contributed by atoms with E-state index in [0.29, 0.717) is 6.61 Å². The molecule has 0 radical (unpaired) electrons. The first-order chi connectivity index (χ1) is 9.45. The summed E-state index contributed by atoms with van der Waals surface area (Å²) in [5, 5.41) is 0. The van der Waals surface area contributed by atoms with Crippen LogP contribution in [0.4, 0.5) is 0 Å². The van der Waals surface area contributed by atoms with Gasteiger partial charge in [0, 0.05) is 24.5 Å². The Kier molecular flexibility index (Phi) is 3.68. The highest BCUT2D eigenvalue weighted by atomic mass is 16.5. The summed E-state index contributed by atoms with van der Waals surface area (Å²) in [6.45, 7) is 0.674. The highest BCUT2D eigenvalue weighted by molar-refractivity contribution is 5.46. The zero-order valence-corrected chi connectivity index (χ0v) is 10.9. The van der Waals surface area contributed by atoms with Gasteiger partial charge >= 0.3 is 0 Å². The first-order valence-electron chi connectivity index (χ1n) is 6.82. The predicted molar refractivity (Wildman–Crippen MR) is 76.1 cm³/mol. The van der Waals surface area contributed by atoms with Crippen LogP contribution in [0, 0.1) is 23.7 Å². The molecule has 94 valence electrons. The predicted octanol–water partition coefficient (Wildman–Crippen LogP) is 3.77. The van der Waals surface area contributed by atoms with Crippen molar-refractivity contribution in [3.05, 3.63) is 47.0 Å². The lowest BCUT2D eigenvalue weighted by molar-refractivity contribution is 0.0942. The van der Waals surface area contributed by atoms with E-state index in [2.05, 4.69) is 47.9 Å². The molecular weight excluding hydrogens is 232 g/mol. The van der Waals surface area contributed by atoms with Crippen molar-refractivity contribution in [2.45, 2.75) is 38.4 Å². The van der Waals surface area contributed by atoms with Crippen LogP contribution >= 0.6 is 0 Å². The van der Waals surface area contributed by atoms with Gasteiger partial charge in [-0.25, -0.2) is 0 Å². The van der Waals surface area contributed by atoms with Gasteiger partial charge in [-0.1, -0.05) is 47.9 Å². The maximum Gasteiger partial charge on any atom is 0.117 e. The molecular formula is C18H16O. The molecule has 1 atom stereocenters. The summed E-state index contributed by atoms with van der Waals surface area (Å²) in [5.74, 6) is 12.8. The number of benzene rings is 1. The Balaban J connectivity index is 1.94. The average molecular weight is 248 g/mol. The van der Waals surface area contributed by atoms with E-state index < -0.39 is 0 Å². The lowest BCUT2D eigenvalue weighted by Gasteiger charge is -2.10. The van der Waals surface area contributed by atoms with E-state index in [1.54, 1.807) is 0 Å². The molecule has 0 saturated carbocycles. The molecule has 1 heterocycles. The summed E-state index contributed by atoms with van der Waals surface area (Å²) < 4.78 is 5.89. The van der Waals surface area contributed by atoms with E-state index in [0.717, 1.165) is 31.3 Å². The summed E-state index contributed by atoms with van der Waals surface area (Å²) in [6.07, 6.45) is 6.11. The number of hydrogen-bond donors (Lipinski definition) is 0. The normalized spacial score (nSPS) is 24.0. The molecule has 0 aromatic heterocycles. The summed E-state index contributed by atoms with van der Waals surface area (Å²) in [6, 6.07) is 8.36. The fraction of sp³-hybridized carbons (Fsp3) is 0.333. The minimum atomic E-state index is -0.0302. The van der Waals surface area contributed by atoms with E-state index in [9.17, 15) is 0 Å². The third-order valence-corrected chi connectivity index (χ3v) is 3.44. The molecule has 1 aliphatic carbocycles. The van der Waals surface area contributed by atoms with Gasteiger partial charge < -0.3 is 4.74 Å². The van der Waals surface area contributed by atoms with Gasteiger partial charge in [0.15, 0.2) is 0 Å². The molecule has 0 N–H and O–H groups in total. The van der Waals surface area contributed by atoms with Gasteiger partial charge in [-0.3, -0.25) is 0 Å². The molecule has 1 aliphatic heterocycles. The highest BCUT2D eigenvalue weighted by Gasteiger charge is 2.25. The molecule has 0 saturated heterocycles.